The molecular formula is C15H17N5O. The number of anilines is 1. The van der Waals surface area contributed by atoms with E-state index in [0.717, 1.165) is 28.4 Å². The zero-order valence-electron chi connectivity index (χ0n) is 12.0. The number of rotatable bonds is 4. The van der Waals surface area contributed by atoms with Gasteiger partial charge in [0.2, 0.25) is 0 Å². The predicted molar refractivity (Wildman–Crippen MR) is 80.1 cm³/mol. The lowest BCUT2D eigenvalue weighted by Gasteiger charge is -2.14. The van der Waals surface area contributed by atoms with E-state index in [4.69, 9.17) is 0 Å². The van der Waals surface area contributed by atoms with Gasteiger partial charge in [0.1, 0.15) is 5.82 Å². The summed E-state index contributed by atoms with van der Waals surface area (Å²) in [5, 5.41) is 17.8. The van der Waals surface area contributed by atoms with Crippen molar-refractivity contribution < 1.29 is 5.11 Å². The van der Waals surface area contributed by atoms with Gasteiger partial charge in [0.05, 0.1) is 11.8 Å². The minimum absolute atomic E-state index is 0.390. The van der Waals surface area contributed by atoms with Crippen LogP contribution in [-0.4, -0.2) is 31.2 Å². The Morgan fingerprint density at radius 1 is 1.19 bits per heavy atom. The summed E-state index contributed by atoms with van der Waals surface area (Å²) in [5.41, 5.74) is 3.44. The molecule has 0 radical (unpaired) electrons. The summed E-state index contributed by atoms with van der Waals surface area (Å²) in [6.45, 7) is 4.26. The number of pyridine rings is 1. The number of aliphatic hydroxyl groups is 1. The van der Waals surface area contributed by atoms with E-state index in [1.165, 1.54) is 0 Å². The molecule has 3 aromatic rings. The van der Waals surface area contributed by atoms with Crippen LogP contribution in [0, 0.1) is 13.8 Å². The second-order valence-electron chi connectivity index (χ2n) is 5.02. The highest BCUT2D eigenvalue weighted by Gasteiger charge is 2.10. The van der Waals surface area contributed by atoms with Crippen molar-refractivity contribution in [2.75, 3.05) is 11.9 Å². The van der Waals surface area contributed by atoms with Crippen LogP contribution >= 0.6 is 0 Å². The first-order chi connectivity index (χ1) is 10.1. The van der Waals surface area contributed by atoms with Crippen molar-refractivity contribution in [3.05, 3.63) is 53.6 Å². The number of nitrogens with one attached hydrogen (secondary N) is 1. The summed E-state index contributed by atoms with van der Waals surface area (Å²) in [5.74, 6) is 0.818. The van der Waals surface area contributed by atoms with Gasteiger partial charge < -0.3 is 10.4 Å². The molecule has 3 aromatic heterocycles. The van der Waals surface area contributed by atoms with Crippen molar-refractivity contribution in [2.24, 2.45) is 0 Å². The Morgan fingerprint density at radius 2 is 1.95 bits per heavy atom. The molecule has 3 rings (SSSR count). The molecule has 0 spiro atoms. The number of aromatic nitrogens is 4. The smallest absolute Gasteiger partial charge is 0.157 e. The Bertz CT molecular complexity index is 753. The van der Waals surface area contributed by atoms with Crippen molar-refractivity contribution in [1.82, 2.24) is 19.6 Å². The van der Waals surface area contributed by atoms with E-state index in [1.54, 1.807) is 29.0 Å². The van der Waals surface area contributed by atoms with Crippen molar-refractivity contribution in [3.8, 4) is 0 Å². The zero-order chi connectivity index (χ0) is 14.8. The second kappa shape index (κ2) is 5.49. The SMILES string of the molecule is Cc1cc(NCC(O)c2ccncc2)n2nc(C)cc2n1. The van der Waals surface area contributed by atoms with E-state index in [0.29, 0.717) is 6.54 Å². The molecule has 0 fully saturated rings. The number of aryl methyl sites for hydroxylation is 2. The molecule has 0 amide bonds. The molecule has 6 heteroatoms. The predicted octanol–water partition coefficient (Wildman–Crippen LogP) is 1.89. The minimum atomic E-state index is -0.604. The third kappa shape index (κ3) is 2.85. The monoisotopic (exact) mass is 283 g/mol. The molecule has 1 atom stereocenters. The Balaban J connectivity index is 1.82. The van der Waals surface area contributed by atoms with E-state index in [1.807, 2.05) is 26.0 Å². The van der Waals surface area contributed by atoms with Gasteiger partial charge >= 0.3 is 0 Å². The fourth-order valence-corrected chi connectivity index (χ4v) is 2.25. The molecule has 1 unspecified atom stereocenters. The maximum absolute atomic E-state index is 10.2. The summed E-state index contributed by atoms with van der Waals surface area (Å²) in [6.07, 6.45) is 2.74. The third-order valence-electron chi connectivity index (χ3n) is 3.24. The molecule has 0 saturated carbocycles. The number of hydrogen-bond acceptors (Lipinski definition) is 5. The van der Waals surface area contributed by atoms with Gasteiger partial charge in [-0.3, -0.25) is 4.98 Å². The first-order valence-corrected chi connectivity index (χ1v) is 6.79. The summed E-state index contributed by atoms with van der Waals surface area (Å²) in [4.78, 5) is 8.38. The molecule has 108 valence electrons. The second-order valence-corrected chi connectivity index (χ2v) is 5.02. The normalized spacial score (nSPS) is 12.5. The zero-order valence-corrected chi connectivity index (χ0v) is 12.0. The highest BCUT2D eigenvalue weighted by atomic mass is 16.3. The third-order valence-corrected chi connectivity index (χ3v) is 3.24. The molecule has 0 aliphatic heterocycles. The van der Waals surface area contributed by atoms with Crippen LogP contribution in [0.4, 0.5) is 5.82 Å². The Morgan fingerprint density at radius 3 is 2.71 bits per heavy atom. The van der Waals surface area contributed by atoms with Crippen LogP contribution in [-0.2, 0) is 0 Å². The maximum atomic E-state index is 10.2. The van der Waals surface area contributed by atoms with E-state index in [-0.39, 0.29) is 0 Å². The van der Waals surface area contributed by atoms with Crippen LogP contribution < -0.4 is 5.32 Å². The van der Waals surface area contributed by atoms with Crippen molar-refractivity contribution in [3.63, 3.8) is 0 Å². The molecule has 0 bridgehead atoms. The lowest BCUT2D eigenvalue weighted by molar-refractivity contribution is 0.191. The summed E-state index contributed by atoms with van der Waals surface area (Å²) in [7, 11) is 0. The average Bonchev–Trinajstić information content (AvgIpc) is 2.85. The molecule has 21 heavy (non-hydrogen) atoms. The number of hydrogen-bond donors (Lipinski definition) is 2. The van der Waals surface area contributed by atoms with E-state index < -0.39 is 6.10 Å². The lowest BCUT2D eigenvalue weighted by atomic mass is 10.1. The number of fused-ring (bicyclic) bond motifs is 1. The summed E-state index contributed by atoms with van der Waals surface area (Å²) < 4.78 is 1.75. The highest BCUT2D eigenvalue weighted by molar-refractivity contribution is 5.50. The molecule has 0 aliphatic carbocycles. The molecule has 2 N–H and O–H groups in total. The molecule has 0 aliphatic rings. The average molecular weight is 283 g/mol. The van der Waals surface area contributed by atoms with Gasteiger partial charge in [-0.05, 0) is 31.5 Å². The van der Waals surface area contributed by atoms with Crippen molar-refractivity contribution in [2.45, 2.75) is 20.0 Å². The van der Waals surface area contributed by atoms with E-state index in [9.17, 15) is 5.11 Å². The number of nitrogens with zero attached hydrogens (tertiary/aromatic N) is 4. The Hall–Kier alpha value is -2.47. The maximum Gasteiger partial charge on any atom is 0.157 e. The topological polar surface area (TPSA) is 75.3 Å². The first-order valence-electron chi connectivity index (χ1n) is 6.79. The van der Waals surface area contributed by atoms with Crippen LogP contribution in [0.15, 0.2) is 36.7 Å². The van der Waals surface area contributed by atoms with Gasteiger partial charge in [0, 0.05) is 36.8 Å². The molecular weight excluding hydrogens is 266 g/mol. The van der Waals surface area contributed by atoms with Crippen LogP contribution in [0.2, 0.25) is 0 Å². The quantitative estimate of drug-likeness (QED) is 0.764. The van der Waals surface area contributed by atoms with E-state index >= 15 is 0 Å². The largest absolute Gasteiger partial charge is 0.387 e. The Kier molecular flexibility index (Phi) is 3.53. The molecule has 3 heterocycles. The fourth-order valence-electron chi connectivity index (χ4n) is 2.25. The van der Waals surface area contributed by atoms with Gasteiger partial charge in [-0.1, -0.05) is 0 Å². The first kappa shape index (κ1) is 13.5. The summed E-state index contributed by atoms with van der Waals surface area (Å²) >= 11 is 0. The number of aliphatic hydroxyl groups excluding tert-OH is 1. The summed E-state index contributed by atoms with van der Waals surface area (Å²) in [6, 6.07) is 7.45. The van der Waals surface area contributed by atoms with Gasteiger partial charge in [-0.25, -0.2) is 4.98 Å². The Labute approximate surface area is 122 Å². The van der Waals surface area contributed by atoms with Gasteiger partial charge in [0.25, 0.3) is 0 Å². The van der Waals surface area contributed by atoms with Crippen LogP contribution in [0.25, 0.3) is 5.65 Å². The van der Waals surface area contributed by atoms with Crippen LogP contribution in [0.5, 0.6) is 0 Å². The van der Waals surface area contributed by atoms with Gasteiger partial charge in [-0.15, -0.1) is 0 Å². The standard InChI is InChI=1S/C15H17N5O/c1-10-7-14(20-15(18-10)8-11(2)19-20)17-9-13(21)12-3-5-16-6-4-12/h3-8,13,17,21H,9H2,1-2H3. The minimum Gasteiger partial charge on any atom is -0.387 e. The molecule has 0 saturated heterocycles. The van der Waals surface area contributed by atoms with Crippen molar-refractivity contribution >= 4 is 11.5 Å². The van der Waals surface area contributed by atoms with Crippen molar-refractivity contribution in [1.29, 1.82) is 0 Å². The van der Waals surface area contributed by atoms with E-state index in [2.05, 4.69) is 20.4 Å². The molecule has 0 aromatic carbocycles. The lowest BCUT2D eigenvalue weighted by Crippen LogP contribution is -2.15. The fraction of sp³-hybridized carbons (Fsp3) is 0.267. The van der Waals surface area contributed by atoms with Crippen LogP contribution in [0.1, 0.15) is 23.1 Å². The van der Waals surface area contributed by atoms with Gasteiger partial charge in [-0.2, -0.15) is 9.61 Å². The van der Waals surface area contributed by atoms with Crippen LogP contribution in [0.3, 0.4) is 0 Å². The molecule has 6 nitrogen and oxygen atoms in total. The van der Waals surface area contributed by atoms with Gasteiger partial charge in [0.15, 0.2) is 5.65 Å². The highest BCUT2D eigenvalue weighted by Crippen LogP contribution is 2.16.